The number of hydrogen-bond donors (Lipinski definition) is 2. The number of rotatable bonds is 8. The molecule has 0 aliphatic heterocycles. The van der Waals surface area contributed by atoms with Gasteiger partial charge in [-0.3, -0.25) is 0 Å². The Morgan fingerprint density at radius 2 is 1.60 bits per heavy atom. The van der Waals surface area contributed by atoms with Crippen molar-refractivity contribution >= 4 is 14.5 Å². The number of hydrogen-bond acceptors (Lipinski definition) is 2. The first-order valence-electron chi connectivity index (χ1n) is 5.59. The summed E-state index contributed by atoms with van der Waals surface area (Å²) in [5.41, 5.74) is 0.324. The van der Waals surface area contributed by atoms with E-state index in [9.17, 15) is 3.74 Å². The van der Waals surface area contributed by atoms with Crippen LogP contribution in [-0.4, -0.2) is 29.3 Å². The van der Waals surface area contributed by atoms with Crippen molar-refractivity contribution in [1.29, 1.82) is 0 Å². The van der Waals surface area contributed by atoms with Gasteiger partial charge in [0.1, 0.15) is 0 Å². The topological polar surface area (TPSA) is 66.8 Å². The van der Waals surface area contributed by atoms with E-state index in [0.717, 1.165) is 32.1 Å². The van der Waals surface area contributed by atoms with Gasteiger partial charge in [-0.05, 0) is 0 Å². The molecule has 0 fully saturated rings. The van der Waals surface area contributed by atoms with Crippen LogP contribution in [0.15, 0.2) is 0 Å². The van der Waals surface area contributed by atoms with Gasteiger partial charge >= 0.3 is 95.1 Å². The summed E-state index contributed by atoms with van der Waals surface area (Å²) in [6.07, 6.45) is 5.04. The summed E-state index contributed by atoms with van der Waals surface area (Å²) in [6.45, 7) is 6.67. The third-order valence-electron chi connectivity index (χ3n) is 3.36. The molecule has 5 heteroatoms. The summed E-state index contributed by atoms with van der Waals surface area (Å²) in [6, 6.07) is 0. The van der Waals surface area contributed by atoms with Crippen LogP contribution in [0.3, 0.4) is 0 Å². The average Bonchev–Trinajstić information content (AvgIpc) is 2.18. The molecule has 92 valence electrons. The van der Waals surface area contributed by atoms with Gasteiger partial charge in [-0.2, -0.15) is 0 Å². The van der Waals surface area contributed by atoms with Crippen LogP contribution in [0.2, 0.25) is 0 Å². The van der Waals surface area contributed by atoms with E-state index in [1.807, 2.05) is 0 Å². The standard InChI is InChI=1S/C10H23AsO4/c1-4-10(5-2,6-3)8-7-9-15-11(12,13)14/h4-9H2,1-3H3,(H2,12,13,14). The molecule has 0 heterocycles. The van der Waals surface area contributed by atoms with Crippen LogP contribution < -0.4 is 0 Å². The van der Waals surface area contributed by atoms with Crippen molar-refractivity contribution < 1.29 is 15.7 Å². The molecule has 0 atom stereocenters. The molecule has 0 aromatic heterocycles. The van der Waals surface area contributed by atoms with Gasteiger partial charge in [-0.1, -0.05) is 0 Å². The Labute approximate surface area is 95.4 Å². The summed E-state index contributed by atoms with van der Waals surface area (Å²) < 4.78 is 32.1. The molecule has 0 aliphatic rings. The summed E-state index contributed by atoms with van der Waals surface area (Å²) in [7, 11) is 0. The quantitative estimate of drug-likeness (QED) is 0.526. The molecule has 0 saturated heterocycles. The second-order valence-corrected chi connectivity index (χ2v) is 6.59. The molecule has 15 heavy (non-hydrogen) atoms. The fourth-order valence-corrected chi connectivity index (χ4v) is 2.68. The molecule has 0 unspecified atom stereocenters. The van der Waals surface area contributed by atoms with Gasteiger partial charge in [0.15, 0.2) is 0 Å². The molecule has 0 aromatic carbocycles. The third-order valence-corrected chi connectivity index (χ3v) is 4.45. The Kier molecular flexibility index (Phi) is 6.85. The Hall–Kier alpha value is 0.238. The van der Waals surface area contributed by atoms with Crippen molar-refractivity contribution in [3.8, 4) is 0 Å². The monoisotopic (exact) mass is 282 g/mol. The van der Waals surface area contributed by atoms with Crippen LogP contribution in [0.1, 0.15) is 52.9 Å². The molecular formula is C10H23AsO4. The Bertz CT molecular complexity index is 199. The normalized spacial score (nSPS) is 13.1. The van der Waals surface area contributed by atoms with Gasteiger partial charge in [0.2, 0.25) is 0 Å². The maximum absolute atomic E-state index is 10.5. The average molecular weight is 282 g/mol. The Morgan fingerprint density at radius 3 is 1.93 bits per heavy atom. The predicted octanol–water partition coefficient (Wildman–Crippen LogP) is 1.85. The van der Waals surface area contributed by atoms with Crippen molar-refractivity contribution in [3.63, 3.8) is 0 Å². The summed E-state index contributed by atoms with van der Waals surface area (Å²) in [5.74, 6) is 0. The van der Waals surface area contributed by atoms with Gasteiger partial charge in [0.05, 0.1) is 0 Å². The Morgan fingerprint density at radius 1 is 1.13 bits per heavy atom. The van der Waals surface area contributed by atoms with E-state index in [4.69, 9.17) is 8.19 Å². The first-order chi connectivity index (χ1) is 6.89. The molecule has 0 spiro atoms. The zero-order valence-corrected chi connectivity index (χ0v) is 11.8. The second kappa shape index (κ2) is 6.74. The van der Waals surface area contributed by atoms with Crippen molar-refractivity contribution in [1.82, 2.24) is 0 Å². The minimum atomic E-state index is -4.84. The molecule has 0 bridgehead atoms. The fraction of sp³-hybridized carbons (Fsp3) is 1.00. The van der Waals surface area contributed by atoms with Crippen LogP contribution >= 0.6 is 0 Å². The van der Waals surface area contributed by atoms with Gasteiger partial charge < -0.3 is 0 Å². The van der Waals surface area contributed by atoms with Crippen LogP contribution in [-0.2, 0) is 7.47 Å². The van der Waals surface area contributed by atoms with Gasteiger partial charge in [0, 0.05) is 0 Å². The van der Waals surface area contributed by atoms with E-state index in [-0.39, 0.29) is 6.61 Å². The SMILES string of the molecule is CCC(CC)(CC)CCCO[As](=O)(O)O. The molecule has 0 radical (unpaired) electrons. The van der Waals surface area contributed by atoms with Gasteiger partial charge in [-0.15, -0.1) is 0 Å². The van der Waals surface area contributed by atoms with Crippen LogP contribution in [0.25, 0.3) is 0 Å². The molecule has 0 saturated carbocycles. The van der Waals surface area contributed by atoms with E-state index in [1.165, 1.54) is 0 Å². The minimum absolute atomic E-state index is 0.172. The van der Waals surface area contributed by atoms with Crippen molar-refractivity contribution in [3.05, 3.63) is 0 Å². The summed E-state index contributed by atoms with van der Waals surface area (Å²) in [4.78, 5) is 0. The molecule has 0 rings (SSSR count). The van der Waals surface area contributed by atoms with E-state index in [2.05, 4.69) is 24.5 Å². The molecule has 0 aliphatic carbocycles. The van der Waals surface area contributed by atoms with E-state index in [0.29, 0.717) is 5.41 Å². The van der Waals surface area contributed by atoms with E-state index < -0.39 is 14.5 Å². The van der Waals surface area contributed by atoms with Gasteiger partial charge in [0.25, 0.3) is 0 Å². The summed E-state index contributed by atoms with van der Waals surface area (Å²) >= 11 is -4.84. The van der Waals surface area contributed by atoms with E-state index >= 15 is 0 Å². The predicted molar refractivity (Wildman–Crippen MR) is 59.4 cm³/mol. The van der Waals surface area contributed by atoms with Crippen molar-refractivity contribution in [2.45, 2.75) is 52.9 Å². The molecule has 0 amide bonds. The zero-order valence-electron chi connectivity index (χ0n) is 9.90. The van der Waals surface area contributed by atoms with Crippen molar-refractivity contribution in [2.75, 3.05) is 6.61 Å². The molecular weight excluding hydrogens is 259 g/mol. The van der Waals surface area contributed by atoms with Crippen LogP contribution in [0, 0.1) is 5.41 Å². The van der Waals surface area contributed by atoms with Crippen molar-refractivity contribution in [2.24, 2.45) is 5.41 Å². The maximum atomic E-state index is 10.5. The molecule has 2 N–H and O–H groups in total. The van der Waals surface area contributed by atoms with Crippen LogP contribution in [0.5, 0.6) is 0 Å². The first-order valence-corrected chi connectivity index (χ1v) is 8.80. The summed E-state index contributed by atoms with van der Waals surface area (Å²) in [5, 5.41) is 0. The second-order valence-electron chi connectivity index (χ2n) is 3.99. The van der Waals surface area contributed by atoms with Crippen LogP contribution in [0.4, 0.5) is 0 Å². The molecule has 0 aromatic rings. The van der Waals surface area contributed by atoms with E-state index in [1.54, 1.807) is 0 Å². The van der Waals surface area contributed by atoms with Gasteiger partial charge in [-0.25, -0.2) is 0 Å². The molecule has 4 nitrogen and oxygen atoms in total. The fourth-order valence-electron chi connectivity index (χ4n) is 1.91. The zero-order chi connectivity index (χ0) is 11.9. The first kappa shape index (κ1) is 15.2. The third kappa shape index (κ3) is 6.41. The Balaban J connectivity index is 3.87.